The summed E-state index contributed by atoms with van der Waals surface area (Å²) in [6.07, 6.45) is 9.26. The van der Waals surface area contributed by atoms with Crippen molar-refractivity contribution in [3.63, 3.8) is 0 Å². The largest absolute Gasteiger partial charge is 0.391 e. The maximum atomic E-state index is 13.8. The van der Waals surface area contributed by atoms with E-state index in [-0.39, 0.29) is 42.5 Å². The molecule has 5 nitrogen and oxygen atoms in total. The van der Waals surface area contributed by atoms with Crippen molar-refractivity contribution in [2.45, 2.75) is 134 Å². The molecule has 2 N–H and O–H groups in total. The number of nitrogens with zero attached hydrogens (tertiary/aromatic N) is 1. The van der Waals surface area contributed by atoms with Crippen LogP contribution in [0.15, 0.2) is 0 Å². The van der Waals surface area contributed by atoms with E-state index in [2.05, 4.69) is 29.4 Å². The fourth-order valence-electron chi connectivity index (χ4n) is 9.31. The highest BCUT2D eigenvalue weighted by atomic mass is 19.4. The summed E-state index contributed by atoms with van der Waals surface area (Å²) < 4.78 is 39.9. The number of hydrogen-bond acceptors (Lipinski definition) is 3. The van der Waals surface area contributed by atoms with Crippen molar-refractivity contribution in [2.75, 3.05) is 13.6 Å². The third-order valence-electron chi connectivity index (χ3n) is 12.1. The number of alkyl halides is 3. The van der Waals surface area contributed by atoms with Crippen molar-refractivity contribution in [1.29, 1.82) is 0 Å². The topological polar surface area (TPSA) is 61.4 Å². The third kappa shape index (κ3) is 7.44. The Hall–Kier alpha value is -1.31. The molecule has 5 aliphatic rings. The predicted octanol–water partition coefficient (Wildman–Crippen LogP) is 6.71. The van der Waals surface area contributed by atoms with Crippen LogP contribution in [0.2, 0.25) is 0 Å². The maximum Gasteiger partial charge on any atom is 0.391 e. The quantitative estimate of drug-likeness (QED) is 0.367. The van der Waals surface area contributed by atoms with E-state index >= 15 is 0 Å². The molecule has 8 heteroatoms. The lowest BCUT2D eigenvalue weighted by molar-refractivity contribution is -0.186. The van der Waals surface area contributed by atoms with Crippen LogP contribution in [0.1, 0.15) is 110 Å². The van der Waals surface area contributed by atoms with Gasteiger partial charge in [0.05, 0.1) is 5.92 Å². The van der Waals surface area contributed by atoms with E-state index in [0.717, 1.165) is 50.5 Å². The summed E-state index contributed by atoms with van der Waals surface area (Å²) in [6, 6.07) is 0.744. The van der Waals surface area contributed by atoms with Gasteiger partial charge in [0.15, 0.2) is 0 Å². The first-order chi connectivity index (χ1) is 19.5. The van der Waals surface area contributed by atoms with Gasteiger partial charge in [-0.3, -0.25) is 9.59 Å². The maximum absolute atomic E-state index is 13.8. The molecule has 0 radical (unpaired) electrons. The van der Waals surface area contributed by atoms with Crippen molar-refractivity contribution in [1.82, 2.24) is 15.5 Å². The first kappa shape index (κ1) is 31.1. The molecule has 3 saturated carbocycles. The van der Waals surface area contributed by atoms with Gasteiger partial charge in [0, 0.05) is 43.6 Å². The highest BCUT2D eigenvalue weighted by molar-refractivity contribution is 5.80. The fraction of sp³-hybridized carbons (Fsp3) is 0.939. The Morgan fingerprint density at radius 3 is 2.44 bits per heavy atom. The molecule has 3 aliphatic carbocycles. The predicted molar refractivity (Wildman–Crippen MR) is 155 cm³/mol. The normalized spacial score (nSPS) is 42.4. The number of rotatable bonds is 6. The van der Waals surface area contributed by atoms with Gasteiger partial charge in [0.25, 0.3) is 0 Å². The molecule has 0 spiro atoms. The lowest BCUT2D eigenvalue weighted by Crippen LogP contribution is -2.60. The SMILES string of the molecule is CC1CCC(CCC2CC3C(CN2)CC(C2CC(NC(=O)C4CCCC(C(F)(F)F)C4)CCC2C)C(=O)N3C)CC1. The number of amides is 2. The van der Waals surface area contributed by atoms with Gasteiger partial charge in [0.2, 0.25) is 11.8 Å². The second-order valence-corrected chi connectivity index (χ2v) is 14.9. The fourth-order valence-corrected chi connectivity index (χ4v) is 9.31. The van der Waals surface area contributed by atoms with E-state index < -0.39 is 18.0 Å². The number of likely N-dealkylation sites (tertiary alicyclic amines) is 1. The summed E-state index contributed by atoms with van der Waals surface area (Å²) in [5.74, 6) is 0.892. The molecule has 5 fully saturated rings. The van der Waals surface area contributed by atoms with E-state index in [1.54, 1.807) is 0 Å². The third-order valence-corrected chi connectivity index (χ3v) is 12.1. The molecule has 5 rings (SSSR count). The van der Waals surface area contributed by atoms with E-state index in [1.165, 1.54) is 38.5 Å². The van der Waals surface area contributed by atoms with E-state index in [0.29, 0.717) is 36.8 Å². The van der Waals surface area contributed by atoms with Gasteiger partial charge in [-0.2, -0.15) is 13.2 Å². The monoisotopic (exact) mass is 581 g/mol. The van der Waals surface area contributed by atoms with Gasteiger partial charge in [0.1, 0.15) is 0 Å². The van der Waals surface area contributed by atoms with Crippen molar-refractivity contribution < 1.29 is 22.8 Å². The Bertz CT molecular complexity index is 905. The van der Waals surface area contributed by atoms with Gasteiger partial charge >= 0.3 is 6.18 Å². The van der Waals surface area contributed by atoms with Gasteiger partial charge in [-0.05, 0) is 93.8 Å². The zero-order valence-electron chi connectivity index (χ0n) is 25.6. The molecule has 0 aromatic rings. The number of fused-ring (bicyclic) bond motifs is 1. The Kier molecular flexibility index (Phi) is 9.97. The van der Waals surface area contributed by atoms with Crippen LogP contribution in [-0.2, 0) is 9.59 Å². The van der Waals surface area contributed by atoms with Gasteiger partial charge in [-0.25, -0.2) is 0 Å². The van der Waals surface area contributed by atoms with Crippen molar-refractivity contribution in [2.24, 2.45) is 47.3 Å². The molecule has 0 bridgehead atoms. The minimum Gasteiger partial charge on any atom is -0.353 e. The number of carbonyl (C=O) groups excluding carboxylic acids is 2. The first-order valence-electron chi connectivity index (χ1n) is 16.9. The molecule has 0 aromatic carbocycles. The van der Waals surface area contributed by atoms with E-state index in [1.807, 2.05) is 7.05 Å². The van der Waals surface area contributed by atoms with Crippen LogP contribution in [0.4, 0.5) is 13.2 Å². The molecule has 41 heavy (non-hydrogen) atoms. The highest BCUT2D eigenvalue weighted by Crippen LogP contribution is 2.44. The second kappa shape index (κ2) is 13.1. The summed E-state index contributed by atoms with van der Waals surface area (Å²) in [6.45, 7) is 5.58. The lowest BCUT2D eigenvalue weighted by atomic mass is 9.65. The minimum atomic E-state index is -4.22. The number of nitrogens with one attached hydrogen (secondary N) is 2. The van der Waals surface area contributed by atoms with Crippen molar-refractivity contribution >= 4 is 11.8 Å². The van der Waals surface area contributed by atoms with E-state index in [4.69, 9.17) is 0 Å². The molecule has 2 aliphatic heterocycles. The Morgan fingerprint density at radius 1 is 0.951 bits per heavy atom. The zero-order chi connectivity index (χ0) is 29.3. The molecule has 9 unspecified atom stereocenters. The summed E-state index contributed by atoms with van der Waals surface area (Å²) in [5, 5.41) is 6.99. The van der Waals surface area contributed by atoms with Crippen LogP contribution in [0.3, 0.4) is 0 Å². The lowest BCUT2D eigenvalue weighted by Gasteiger charge is -2.51. The zero-order valence-corrected chi connectivity index (χ0v) is 25.6. The van der Waals surface area contributed by atoms with Crippen LogP contribution < -0.4 is 10.6 Å². The molecule has 2 heterocycles. The number of piperidine rings is 2. The summed E-state index contributed by atoms with van der Waals surface area (Å²) in [5.41, 5.74) is 0. The van der Waals surface area contributed by atoms with Gasteiger partial charge < -0.3 is 15.5 Å². The Morgan fingerprint density at radius 2 is 1.71 bits per heavy atom. The highest BCUT2D eigenvalue weighted by Gasteiger charge is 2.48. The molecular formula is C33H54F3N3O2. The minimum absolute atomic E-state index is 0.0391. The van der Waals surface area contributed by atoms with Gasteiger partial charge in [-0.1, -0.05) is 46.0 Å². The van der Waals surface area contributed by atoms with Crippen molar-refractivity contribution in [3.8, 4) is 0 Å². The summed E-state index contributed by atoms with van der Waals surface area (Å²) >= 11 is 0. The second-order valence-electron chi connectivity index (χ2n) is 14.9. The van der Waals surface area contributed by atoms with Crippen LogP contribution in [-0.4, -0.2) is 54.6 Å². The smallest absolute Gasteiger partial charge is 0.353 e. The molecule has 0 aromatic heterocycles. The number of carbonyl (C=O) groups is 2. The standard InChI is InChI=1S/C33H54F3N3O2/c1-20-7-10-22(11-8-20)12-14-26-18-30-24(19-37-26)16-29(32(41)39(30)3)28-17-27(13-9-21(28)2)38-31(40)23-5-4-6-25(15-23)33(34,35)36/h20-30,37H,4-19H2,1-3H3,(H,38,40). The van der Waals surface area contributed by atoms with Crippen LogP contribution in [0.25, 0.3) is 0 Å². The first-order valence-corrected chi connectivity index (χ1v) is 16.9. The molecule has 2 saturated heterocycles. The van der Waals surface area contributed by atoms with Gasteiger partial charge in [-0.15, -0.1) is 0 Å². The van der Waals surface area contributed by atoms with Crippen molar-refractivity contribution in [3.05, 3.63) is 0 Å². The molecular weight excluding hydrogens is 527 g/mol. The van der Waals surface area contributed by atoms with E-state index in [9.17, 15) is 22.8 Å². The Labute approximate surface area is 245 Å². The summed E-state index contributed by atoms with van der Waals surface area (Å²) in [4.78, 5) is 28.9. The number of hydrogen-bond donors (Lipinski definition) is 2. The average molecular weight is 582 g/mol. The average Bonchev–Trinajstić information content (AvgIpc) is 2.95. The van der Waals surface area contributed by atoms with Crippen LogP contribution in [0.5, 0.6) is 0 Å². The summed E-state index contributed by atoms with van der Waals surface area (Å²) in [7, 11) is 2.00. The number of halogens is 3. The molecule has 2 amide bonds. The van der Waals surface area contributed by atoms with Crippen LogP contribution in [0, 0.1) is 47.3 Å². The van der Waals surface area contributed by atoms with Crippen LogP contribution >= 0.6 is 0 Å². The Balaban J connectivity index is 1.13. The molecule has 234 valence electrons. The molecule has 9 atom stereocenters.